The van der Waals surface area contributed by atoms with Crippen LogP contribution in [0.15, 0.2) is 35.1 Å². The van der Waals surface area contributed by atoms with Crippen LogP contribution in [0.3, 0.4) is 0 Å². The van der Waals surface area contributed by atoms with Crippen LogP contribution >= 0.6 is 15.9 Å². The van der Waals surface area contributed by atoms with Crippen molar-refractivity contribution in [3.05, 3.63) is 46.3 Å². The summed E-state index contributed by atoms with van der Waals surface area (Å²) in [6.45, 7) is 0.968. The van der Waals surface area contributed by atoms with Crippen LogP contribution in [-0.2, 0) is 11.3 Å². The van der Waals surface area contributed by atoms with Gasteiger partial charge in [0.05, 0.1) is 13.3 Å². The molecule has 2 amide bonds. The van der Waals surface area contributed by atoms with Gasteiger partial charge in [0.2, 0.25) is 0 Å². The minimum atomic E-state index is -0.580. The predicted octanol–water partition coefficient (Wildman–Crippen LogP) is 2.84. The molecule has 1 fully saturated rings. The maximum absolute atomic E-state index is 12.7. The number of ether oxygens (including phenoxy) is 2. The number of benzene rings is 1. The molecule has 0 aliphatic carbocycles. The van der Waals surface area contributed by atoms with E-state index in [1.54, 1.807) is 4.90 Å². The summed E-state index contributed by atoms with van der Waals surface area (Å²) in [6.07, 6.45) is 3.01. The zero-order chi connectivity index (χ0) is 21.3. The van der Waals surface area contributed by atoms with E-state index in [0.29, 0.717) is 30.5 Å². The zero-order valence-corrected chi connectivity index (χ0v) is 18.2. The lowest BCUT2D eigenvalue weighted by Crippen LogP contribution is -2.50. The number of halogens is 1. The van der Waals surface area contributed by atoms with Crippen molar-refractivity contribution in [2.24, 2.45) is 0 Å². The summed E-state index contributed by atoms with van der Waals surface area (Å²) in [5.74, 6) is 0.176. The van der Waals surface area contributed by atoms with Crippen molar-refractivity contribution in [3.8, 4) is 11.6 Å². The second kappa shape index (κ2) is 8.19. The van der Waals surface area contributed by atoms with Crippen LogP contribution in [0.25, 0.3) is 0 Å². The second-order valence-corrected chi connectivity index (χ2v) is 8.07. The first-order valence-corrected chi connectivity index (χ1v) is 10.3. The first kappa shape index (κ1) is 20.5. The Morgan fingerprint density at radius 2 is 2.00 bits per heavy atom. The van der Waals surface area contributed by atoms with Crippen molar-refractivity contribution >= 4 is 27.9 Å². The van der Waals surface area contributed by atoms with Crippen molar-refractivity contribution < 1.29 is 23.9 Å². The first-order valence-electron chi connectivity index (χ1n) is 9.49. The molecule has 9 nitrogen and oxygen atoms in total. The number of fused-ring (bicyclic) bond motifs is 1. The van der Waals surface area contributed by atoms with E-state index >= 15 is 0 Å². The molecule has 2 aliphatic heterocycles. The van der Waals surface area contributed by atoms with Gasteiger partial charge in [-0.1, -0.05) is 18.2 Å². The Labute approximate surface area is 182 Å². The molecule has 0 radical (unpaired) electrons. The SMILES string of the molecule is CON(C)C(=O)c1nc(Br)cnc1OC(=O)N1CCC2(CC1)Cc1ccccc1O2. The summed E-state index contributed by atoms with van der Waals surface area (Å²) >= 11 is 3.18. The molecule has 1 aromatic heterocycles. The summed E-state index contributed by atoms with van der Waals surface area (Å²) in [4.78, 5) is 39.8. The third kappa shape index (κ3) is 3.97. The first-order chi connectivity index (χ1) is 14.4. The topological polar surface area (TPSA) is 94.1 Å². The number of hydrogen-bond donors (Lipinski definition) is 0. The molecule has 158 valence electrons. The average molecular weight is 477 g/mol. The zero-order valence-electron chi connectivity index (χ0n) is 16.6. The van der Waals surface area contributed by atoms with E-state index in [0.717, 1.165) is 17.2 Å². The van der Waals surface area contributed by atoms with Gasteiger partial charge in [-0.15, -0.1) is 0 Å². The van der Waals surface area contributed by atoms with E-state index in [2.05, 4.69) is 32.0 Å². The van der Waals surface area contributed by atoms with E-state index in [9.17, 15) is 9.59 Å². The van der Waals surface area contributed by atoms with Gasteiger partial charge in [0.25, 0.3) is 5.88 Å². The Balaban J connectivity index is 1.42. The fraction of sp³-hybridized carbons (Fsp3) is 0.400. The molecule has 1 spiro atoms. The highest BCUT2D eigenvalue weighted by Crippen LogP contribution is 2.40. The highest BCUT2D eigenvalue weighted by molar-refractivity contribution is 9.10. The van der Waals surface area contributed by atoms with Gasteiger partial charge in [-0.2, -0.15) is 0 Å². The number of piperidine rings is 1. The minimum Gasteiger partial charge on any atom is -0.487 e. The van der Waals surface area contributed by atoms with Crippen LogP contribution in [0.2, 0.25) is 0 Å². The molecule has 0 N–H and O–H groups in total. The van der Waals surface area contributed by atoms with Crippen LogP contribution in [-0.4, -0.2) is 64.8 Å². The van der Waals surface area contributed by atoms with Gasteiger partial charge < -0.3 is 14.4 Å². The minimum absolute atomic E-state index is 0.120. The fourth-order valence-electron chi connectivity index (χ4n) is 3.69. The number of carbonyl (C=O) groups is 2. The number of para-hydroxylation sites is 1. The number of rotatable bonds is 3. The van der Waals surface area contributed by atoms with Crippen LogP contribution in [0.4, 0.5) is 4.79 Å². The van der Waals surface area contributed by atoms with E-state index in [1.807, 2.05) is 18.2 Å². The highest BCUT2D eigenvalue weighted by atomic mass is 79.9. The van der Waals surface area contributed by atoms with Crippen LogP contribution in [0.5, 0.6) is 11.6 Å². The molecule has 3 heterocycles. The van der Waals surface area contributed by atoms with Gasteiger partial charge in [0, 0.05) is 39.4 Å². The fourth-order valence-corrected chi connectivity index (χ4v) is 3.97. The molecule has 0 atom stereocenters. The maximum atomic E-state index is 12.7. The van der Waals surface area contributed by atoms with Gasteiger partial charge >= 0.3 is 12.0 Å². The number of amides is 2. The smallest absolute Gasteiger partial charge is 0.416 e. The highest BCUT2D eigenvalue weighted by Gasteiger charge is 2.43. The molecule has 0 saturated carbocycles. The lowest BCUT2D eigenvalue weighted by molar-refractivity contribution is -0.0762. The standard InChI is InChI=1S/C20H21BrN4O5/c1-24(28-2)18(26)16-17(22-12-15(21)23-16)29-19(27)25-9-7-20(8-10-25)11-13-5-3-4-6-14(13)30-20/h3-6,12H,7-11H2,1-2H3. The van der Waals surface area contributed by atoms with E-state index in [1.165, 1.54) is 25.9 Å². The third-order valence-corrected chi connectivity index (χ3v) is 5.78. The molecule has 30 heavy (non-hydrogen) atoms. The number of aromatic nitrogens is 2. The summed E-state index contributed by atoms with van der Waals surface area (Å²) < 4.78 is 12.0. The van der Waals surface area contributed by atoms with Gasteiger partial charge in [-0.3, -0.25) is 9.63 Å². The molecule has 2 aliphatic rings. The lowest BCUT2D eigenvalue weighted by atomic mass is 9.87. The monoisotopic (exact) mass is 476 g/mol. The normalized spacial score (nSPS) is 16.7. The average Bonchev–Trinajstić information content (AvgIpc) is 3.11. The number of hydrogen-bond acceptors (Lipinski definition) is 7. The molecule has 4 rings (SSSR count). The van der Waals surface area contributed by atoms with Crippen molar-refractivity contribution in [1.82, 2.24) is 19.9 Å². The van der Waals surface area contributed by atoms with Crippen molar-refractivity contribution in [3.63, 3.8) is 0 Å². The van der Waals surface area contributed by atoms with Gasteiger partial charge in [-0.25, -0.2) is 19.8 Å². The summed E-state index contributed by atoms with van der Waals surface area (Å²) in [5.41, 5.74) is 0.800. The summed E-state index contributed by atoms with van der Waals surface area (Å²) in [6, 6.07) is 8.02. The van der Waals surface area contributed by atoms with E-state index in [4.69, 9.17) is 14.3 Å². The van der Waals surface area contributed by atoms with Crippen molar-refractivity contribution in [2.75, 3.05) is 27.2 Å². The largest absolute Gasteiger partial charge is 0.487 e. The third-order valence-electron chi connectivity index (χ3n) is 5.40. The van der Waals surface area contributed by atoms with Crippen LogP contribution in [0.1, 0.15) is 28.9 Å². The molecule has 1 aromatic carbocycles. The Bertz CT molecular complexity index is 950. The number of carbonyl (C=O) groups excluding carboxylic acids is 2. The van der Waals surface area contributed by atoms with Gasteiger partial charge in [-0.05, 0) is 27.6 Å². The Morgan fingerprint density at radius 1 is 1.27 bits per heavy atom. The van der Waals surface area contributed by atoms with E-state index in [-0.39, 0.29) is 17.2 Å². The van der Waals surface area contributed by atoms with Crippen LogP contribution in [0, 0.1) is 0 Å². The molecule has 2 aromatic rings. The summed E-state index contributed by atoms with van der Waals surface area (Å²) in [5, 5.41) is 0.980. The molecule has 1 saturated heterocycles. The Hall–Kier alpha value is -2.72. The van der Waals surface area contributed by atoms with Crippen molar-refractivity contribution in [2.45, 2.75) is 24.9 Å². The summed E-state index contributed by atoms with van der Waals surface area (Å²) in [7, 11) is 2.78. The van der Waals surface area contributed by atoms with Gasteiger partial charge in [0.1, 0.15) is 16.0 Å². The lowest BCUT2D eigenvalue weighted by Gasteiger charge is -2.38. The van der Waals surface area contributed by atoms with Crippen LogP contribution < -0.4 is 9.47 Å². The number of nitrogens with zero attached hydrogens (tertiary/aromatic N) is 4. The molecule has 0 unspecified atom stereocenters. The molecule has 0 bridgehead atoms. The van der Waals surface area contributed by atoms with E-state index < -0.39 is 12.0 Å². The molecular weight excluding hydrogens is 456 g/mol. The van der Waals surface area contributed by atoms with Crippen molar-refractivity contribution in [1.29, 1.82) is 0 Å². The Kier molecular flexibility index (Phi) is 5.61. The number of hydroxylamine groups is 2. The maximum Gasteiger partial charge on any atom is 0.416 e. The quantitative estimate of drug-likeness (QED) is 0.628. The van der Waals surface area contributed by atoms with Gasteiger partial charge in [0.15, 0.2) is 5.69 Å². The predicted molar refractivity (Wildman–Crippen MR) is 109 cm³/mol. The molecule has 10 heteroatoms. The number of likely N-dealkylation sites (tertiary alicyclic amines) is 1. The molecular formula is C20H21BrN4O5. The Morgan fingerprint density at radius 3 is 2.70 bits per heavy atom. The second-order valence-electron chi connectivity index (χ2n) is 7.26.